The third-order valence-electron chi connectivity index (χ3n) is 1.94. The van der Waals surface area contributed by atoms with Crippen LogP contribution in [0.15, 0.2) is 28.4 Å². The number of aliphatic imine (C=N–C) groups is 1. The van der Waals surface area contributed by atoms with Crippen molar-refractivity contribution in [1.29, 1.82) is 0 Å². The van der Waals surface area contributed by atoms with Gasteiger partial charge in [-0.1, -0.05) is 6.08 Å². The van der Waals surface area contributed by atoms with Crippen molar-refractivity contribution in [3.63, 3.8) is 0 Å². The zero-order valence-electron chi connectivity index (χ0n) is 7.70. The molecule has 0 spiro atoms. The highest BCUT2D eigenvalue weighted by Gasteiger charge is 2.16. The standard InChI is InChI=1S/C9H15N3O/c1-11-5-7(4-10)8-2-3-12-6-9(8)13/h2,4-5,9,12-13H,3,6,10H2,1H3/t9-/m0/s1. The van der Waals surface area contributed by atoms with Crippen molar-refractivity contribution in [2.45, 2.75) is 6.10 Å². The van der Waals surface area contributed by atoms with Crippen LogP contribution in [-0.2, 0) is 0 Å². The number of nitrogens with one attached hydrogen (secondary N) is 1. The van der Waals surface area contributed by atoms with Crippen LogP contribution in [0.4, 0.5) is 0 Å². The van der Waals surface area contributed by atoms with Gasteiger partial charge in [0.25, 0.3) is 0 Å². The van der Waals surface area contributed by atoms with E-state index in [1.165, 1.54) is 6.20 Å². The van der Waals surface area contributed by atoms with Gasteiger partial charge in [0.1, 0.15) is 0 Å². The van der Waals surface area contributed by atoms with Crippen LogP contribution < -0.4 is 11.1 Å². The molecule has 0 bridgehead atoms. The van der Waals surface area contributed by atoms with E-state index in [0.29, 0.717) is 6.54 Å². The van der Waals surface area contributed by atoms with Crippen molar-refractivity contribution in [2.24, 2.45) is 10.7 Å². The lowest BCUT2D eigenvalue weighted by atomic mass is 9.99. The van der Waals surface area contributed by atoms with Gasteiger partial charge >= 0.3 is 0 Å². The Kier molecular flexibility index (Phi) is 3.67. The number of nitrogens with zero attached hydrogens (tertiary/aromatic N) is 1. The highest BCUT2D eigenvalue weighted by Crippen LogP contribution is 2.13. The smallest absolute Gasteiger partial charge is 0.0918 e. The molecule has 0 aliphatic carbocycles. The van der Waals surface area contributed by atoms with Gasteiger partial charge in [0, 0.05) is 38.1 Å². The van der Waals surface area contributed by atoms with Gasteiger partial charge in [0.15, 0.2) is 0 Å². The topological polar surface area (TPSA) is 70.6 Å². The van der Waals surface area contributed by atoms with Gasteiger partial charge in [-0.3, -0.25) is 4.99 Å². The summed E-state index contributed by atoms with van der Waals surface area (Å²) in [6, 6.07) is 0. The number of rotatable bonds is 2. The third kappa shape index (κ3) is 2.40. The molecule has 4 nitrogen and oxygen atoms in total. The fourth-order valence-electron chi connectivity index (χ4n) is 1.31. The molecule has 0 aromatic heterocycles. The maximum Gasteiger partial charge on any atom is 0.0918 e. The Labute approximate surface area is 77.9 Å². The van der Waals surface area contributed by atoms with E-state index < -0.39 is 6.10 Å². The SMILES string of the molecule is CN=CC(=CN)C1=CCNC[C@@H]1O. The second-order valence-corrected chi connectivity index (χ2v) is 2.84. The average Bonchev–Trinajstić information content (AvgIpc) is 2.16. The van der Waals surface area contributed by atoms with Crippen molar-refractivity contribution in [2.75, 3.05) is 20.1 Å². The molecule has 0 unspecified atom stereocenters. The Balaban J connectivity index is 2.84. The maximum absolute atomic E-state index is 9.61. The molecule has 0 saturated carbocycles. The van der Waals surface area contributed by atoms with Crippen molar-refractivity contribution in [3.05, 3.63) is 23.4 Å². The van der Waals surface area contributed by atoms with Gasteiger partial charge in [-0.05, 0) is 5.57 Å². The second kappa shape index (κ2) is 4.79. The van der Waals surface area contributed by atoms with Crippen LogP contribution in [0.2, 0.25) is 0 Å². The van der Waals surface area contributed by atoms with E-state index in [1.807, 2.05) is 6.08 Å². The van der Waals surface area contributed by atoms with Gasteiger partial charge in [0.2, 0.25) is 0 Å². The van der Waals surface area contributed by atoms with E-state index >= 15 is 0 Å². The molecule has 0 aromatic rings. The summed E-state index contributed by atoms with van der Waals surface area (Å²) >= 11 is 0. The minimum Gasteiger partial charge on any atom is -0.404 e. The summed E-state index contributed by atoms with van der Waals surface area (Å²) in [4.78, 5) is 3.87. The van der Waals surface area contributed by atoms with E-state index in [2.05, 4.69) is 10.3 Å². The number of hydrogen-bond acceptors (Lipinski definition) is 4. The fourth-order valence-corrected chi connectivity index (χ4v) is 1.31. The summed E-state index contributed by atoms with van der Waals surface area (Å²) in [7, 11) is 1.68. The Morgan fingerprint density at radius 3 is 3.15 bits per heavy atom. The molecule has 13 heavy (non-hydrogen) atoms. The number of aliphatic hydroxyl groups excluding tert-OH is 1. The summed E-state index contributed by atoms with van der Waals surface area (Å²) in [6.45, 7) is 1.34. The summed E-state index contributed by atoms with van der Waals surface area (Å²) in [5, 5.41) is 12.7. The third-order valence-corrected chi connectivity index (χ3v) is 1.94. The molecule has 0 amide bonds. The quantitative estimate of drug-likeness (QED) is 0.499. The molecule has 1 rings (SSSR count). The molecular formula is C9H15N3O. The fraction of sp³-hybridized carbons (Fsp3) is 0.444. The van der Waals surface area contributed by atoms with Crippen LogP contribution in [0.5, 0.6) is 0 Å². The maximum atomic E-state index is 9.61. The van der Waals surface area contributed by atoms with E-state index in [9.17, 15) is 5.11 Å². The highest BCUT2D eigenvalue weighted by atomic mass is 16.3. The first-order valence-electron chi connectivity index (χ1n) is 4.23. The normalized spacial score (nSPS) is 24.9. The Morgan fingerprint density at radius 2 is 2.62 bits per heavy atom. The number of nitrogens with two attached hydrogens (primary N) is 1. The van der Waals surface area contributed by atoms with Crippen LogP contribution >= 0.6 is 0 Å². The van der Waals surface area contributed by atoms with Gasteiger partial charge in [-0.25, -0.2) is 0 Å². The van der Waals surface area contributed by atoms with Gasteiger partial charge in [-0.2, -0.15) is 0 Å². The summed E-state index contributed by atoms with van der Waals surface area (Å²) in [5.41, 5.74) is 7.07. The number of β-amino-alcohol motifs (C(OH)–C–C–N with tert-alkyl or cyclic N) is 1. The molecule has 0 radical (unpaired) electrons. The van der Waals surface area contributed by atoms with Crippen molar-refractivity contribution < 1.29 is 5.11 Å². The zero-order valence-corrected chi connectivity index (χ0v) is 7.70. The second-order valence-electron chi connectivity index (χ2n) is 2.84. The summed E-state index contributed by atoms with van der Waals surface area (Å²) in [5.74, 6) is 0. The first kappa shape index (κ1) is 9.95. The molecule has 1 aliphatic heterocycles. The zero-order chi connectivity index (χ0) is 9.68. The lowest BCUT2D eigenvalue weighted by Crippen LogP contribution is -2.34. The monoisotopic (exact) mass is 181 g/mol. The first-order chi connectivity index (χ1) is 6.29. The Hall–Kier alpha value is -1.13. The number of aliphatic hydroxyl groups is 1. The molecule has 72 valence electrons. The van der Waals surface area contributed by atoms with Gasteiger partial charge < -0.3 is 16.2 Å². The predicted molar refractivity (Wildman–Crippen MR) is 53.6 cm³/mol. The van der Waals surface area contributed by atoms with Gasteiger partial charge in [0.05, 0.1) is 6.10 Å². The van der Waals surface area contributed by atoms with Crippen LogP contribution in [0, 0.1) is 0 Å². The first-order valence-corrected chi connectivity index (χ1v) is 4.23. The minimum absolute atomic E-state index is 0.485. The van der Waals surface area contributed by atoms with E-state index in [-0.39, 0.29) is 0 Å². The van der Waals surface area contributed by atoms with Crippen LogP contribution in [0.25, 0.3) is 0 Å². The number of hydrogen-bond donors (Lipinski definition) is 3. The summed E-state index contributed by atoms with van der Waals surface area (Å²) in [6.07, 6.45) is 4.56. The van der Waals surface area contributed by atoms with Crippen LogP contribution in [0.3, 0.4) is 0 Å². The molecule has 0 saturated heterocycles. The van der Waals surface area contributed by atoms with Crippen LogP contribution in [-0.4, -0.2) is 37.6 Å². The average molecular weight is 181 g/mol. The Morgan fingerprint density at radius 1 is 1.85 bits per heavy atom. The molecule has 1 aliphatic rings. The molecule has 4 N–H and O–H groups in total. The molecule has 0 fully saturated rings. The van der Waals surface area contributed by atoms with Crippen molar-refractivity contribution >= 4 is 6.21 Å². The van der Waals surface area contributed by atoms with Gasteiger partial charge in [-0.15, -0.1) is 0 Å². The van der Waals surface area contributed by atoms with E-state index in [4.69, 9.17) is 5.73 Å². The summed E-state index contributed by atoms with van der Waals surface area (Å²) < 4.78 is 0. The van der Waals surface area contributed by atoms with E-state index in [0.717, 1.165) is 17.7 Å². The van der Waals surface area contributed by atoms with Crippen molar-refractivity contribution in [1.82, 2.24) is 5.32 Å². The minimum atomic E-state index is -0.485. The molecule has 0 aromatic carbocycles. The highest BCUT2D eigenvalue weighted by molar-refractivity contribution is 5.84. The van der Waals surface area contributed by atoms with E-state index in [1.54, 1.807) is 13.3 Å². The van der Waals surface area contributed by atoms with Crippen molar-refractivity contribution in [3.8, 4) is 0 Å². The lowest BCUT2D eigenvalue weighted by molar-refractivity contribution is 0.205. The molecule has 1 atom stereocenters. The molecule has 1 heterocycles. The van der Waals surface area contributed by atoms with Crippen LogP contribution in [0.1, 0.15) is 0 Å². The molecular weight excluding hydrogens is 166 g/mol. The predicted octanol–water partition coefficient (Wildman–Crippen LogP) is -0.580. The Bertz CT molecular complexity index is 256. The largest absolute Gasteiger partial charge is 0.404 e. The molecule has 4 heteroatoms. The lowest BCUT2D eigenvalue weighted by Gasteiger charge is -2.20.